The predicted octanol–water partition coefficient (Wildman–Crippen LogP) is -0.336. The molecular formula is C18H18FN7O4. The van der Waals surface area contributed by atoms with Crippen LogP contribution in [0.4, 0.5) is 4.39 Å². The SMILES string of the molecule is N#CCc1ccc(-c2cn([C@H]3[C@@H](O)[C@@H](CO)O[C@@H](c4ncn[nH]4)[C@@H]3O)nn2)cc1F. The first kappa shape index (κ1) is 20.0. The second-order valence-electron chi connectivity index (χ2n) is 6.85. The smallest absolute Gasteiger partial charge is 0.156 e. The quantitative estimate of drug-likeness (QED) is 0.436. The van der Waals surface area contributed by atoms with Crippen LogP contribution in [-0.4, -0.2) is 70.4 Å². The van der Waals surface area contributed by atoms with Gasteiger partial charge in [-0.15, -0.1) is 5.10 Å². The second-order valence-corrected chi connectivity index (χ2v) is 6.85. The molecular weight excluding hydrogens is 397 g/mol. The summed E-state index contributed by atoms with van der Waals surface area (Å²) in [4.78, 5) is 3.97. The van der Waals surface area contributed by atoms with Gasteiger partial charge in [-0.25, -0.2) is 14.1 Å². The van der Waals surface area contributed by atoms with E-state index in [2.05, 4.69) is 25.5 Å². The normalized spacial score (nSPS) is 26.4. The van der Waals surface area contributed by atoms with Crippen molar-refractivity contribution in [3.8, 4) is 17.3 Å². The van der Waals surface area contributed by atoms with E-state index in [0.717, 1.165) is 0 Å². The van der Waals surface area contributed by atoms with Crippen LogP contribution < -0.4 is 0 Å². The molecule has 156 valence electrons. The molecule has 0 aliphatic carbocycles. The van der Waals surface area contributed by atoms with Gasteiger partial charge in [0.1, 0.15) is 48.3 Å². The van der Waals surface area contributed by atoms with Crippen LogP contribution in [0.5, 0.6) is 0 Å². The van der Waals surface area contributed by atoms with Crippen LogP contribution >= 0.6 is 0 Å². The van der Waals surface area contributed by atoms with E-state index in [1.165, 1.54) is 29.3 Å². The monoisotopic (exact) mass is 415 g/mol. The average Bonchev–Trinajstić information content (AvgIpc) is 3.42. The zero-order valence-corrected chi connectivity index (χ0v) is 15.5. The number of nitrogens with one attached hydrogen (secondary N) is 1. The molecule has 4 N–H and O–H groups in total. The average molecular weight is 415 g/mol. The van der Waals surface area contributed by atoms with Gasteiger partial charge in [-0.1, -0.05) is 17.3 Å². The molecule has 1 aliphatic heterocycles. The number of nitriles is 1. The molecule has 3 heterocycles. The highest BCUT2D eigenvalue weighted by atomic mass is 19.1. The fourth-order valence-corrected chi connectivity index (χ4v) is 3.48. The van der Waals surface area contributed by atoms with Crippen molar-refractivity contribution >= 4 is 0 Å². The number of H-pyrrole nitrogens is 1. The lowest BCUT2D eigenvalue weighted by Gasteiger charge is -2.41. The van der Waals surface area contributed by atoms with Gasteiger partial charge in [0.05, 0.1) is 25.3 Å². The van der Waals surface area contributed by atoms with E-state index in [9.17, 15) is 19.7 Å². The van der Waals surface area contributed by atoms with E-state index >= 15 is 0 Å². The summed E-state index contributed by atoms with van der Waals surface area (Å²) in [6.07, 6.45) is -1.94. The maximum Gasteiger partial charge on any atom is 0.156 e. The third kappa shape index (κ3) is 3.55. The Kier molecular flexibility index (Phi) is 5.51. The number of nitrogens with zero attached hydrogens (tertiary/aromatic N) is 6. The van der Waals surface area contributed by atoms with Gasteiger partial charge in [0, 0.05) is 11.1 Å². The molecule has 12 heteroatoms. The van der Waals surface area contributed by atoms with Crippen LogP contribution in [0.25, 0.3) is 11.3 Å². The van der Waals surface area contributed by atoms with Gasteiger partial charge in [-0.3, -0.25) is 5.10 Å². The Labute approximate surface area is 169 Å². The molecule has 1 fully saturated rings. The summed E-state index contributed by atoms with van der Waals surface area (Å²) >= 11 is 0. The minimum absolute atomic E-state index is 0.0508. The standard InChI is InChI=1S/C18H18FN7O4/c19-11-5-10(2-1-9(11)3-4-20)12-6-26(25-23-12)14-15(28)13(7-27)30-17(16(14)29)18-21-8-22-24-18/h1-2,5-6,8,13-17,27-29H,3,7H2,(H,21,22,24)/t13-,14+,15+,16-,17-/m1/s1. The van der Waals surface area contributed by atoms with E-state index in [4.69, 9.17) is 10.00 Å². The van der Waals surface area contributed by atoms with Gasteiger partial charge in [0.15, 0.2) is 5.82 Å². The molecule has 0 bridgehead atoms. The lowest BCUT2D eigenvalue weighted by Crippen LogP contribution is -2.53. The molecule has 0 spiro atoms. The van der Waals surface area contributed by atoms with Gasteiger partial charge >= 0.3 is 0 Å². The molecule has 1 aromatic carbocycles. The Bertz CT molecular complexity index is 1050. The van der Waals surface area contributed by atoms with Crippen molar-refractivity contribution in [3.63, 3.8) is 0 Å². The van der Waals surface area contributed by atoms with Crippen molar-refractivity contribution in [2.75, 3.05) is 6.61 Å². The number of hydrogen-bond donors (Lipinski definition) is 4. The third-order valence-electron chi connectivity index (χ3n) is 5.03. The lowest BCUT2D eigenvalue weighted by atomic mass is 9.92. The van der Waals surface area contributed by atoms with Gasteiger partial charge in [-0.05, 0) is 6.07 Å². The molecule has 0 unspecified atom stereocenters. The number of benzene rings is 1. The van der Waals surface area contributed by atoms with Crippen LogP contribution in [0.15, 0.2) is 30.7 Å². The summed E-state index contributed by atoms with van der Waals surface area (Å²) in [5.41, 5.74) is 0.992. The summed E-state index contributed by atoms with van der Waals surface area (Å²) < 4.78 is 21.0. The van der Waals surface area contributed by atoms with Gasteiger partial charge in [-0.2, -0.15) is 10.4 Å². The number of aliphatic hydroxyl groups is 3. The van der Waals surface area contributed by atoms with Crippen molar-refractivity contribution in [1.29, 1.82) is 5.26 Å². The molecule has 1 aliphatic rings. The molecule has 0 radical (unpaired) electrons. The summed E-state index contributed by atoms with van der Waals surface area (Å²) in [7, 11) is 0. The first-order valence-electron chi connectivity index (χ1n) is 9.08. The third-order valence-corrected chi connectivity index (χ3v) is 5.03. The molecule has 1 saturated heterocycles. The van der Waals surface area contributed by atoms with Crippen LogP contribution in [-0.2, 0) is 11.2 Å². The van der Waals surface area contributed by atoms with Crippen molar-refractivity contribution in [3.05, 3.63) is 47.9 Å². The maximum atomic E-state index is 14.2. The highest BCUT2D eigenvalue weighted by Gasteiger charge is 2.47. The maximum absolute atomic E-state index is 14.2. The molecule has 5 atom stereocenters. The predicted molar refractivity (Wildman–Crippen MR) is 96.9 cm³/mol. The fourth-order valence-electron chi connectivity index (χ4n) is 3.48. The Balaban J connectivity index is 1.65. The van der Waals surface area contributed by atoms with Crippen LogP contribution in [0.3, 0.4) is 0 Å². The largest absolute Gasteiger partial charge is 0.394 e. The van der Waals surface area contributed by atoms with Crippen molar-refractivity contribution in [2.45, 2.75) is 36.9 Å². The van der Waals surface area contributed by atoms with E-state index < -0.39 is 42.9 Å². The van der Waals surface area contributed by atoms with Gasteiger partial charge in [0.25, 0.3) is 0 Å². The number of hydrogen-bond acceptors (Lipinski definition) is 9. The lowest BCUT2D eigenvalue weighted by molar-refractivity contribution is -0.210. The molecule has 0 saturated carbocycles. The first-order valence-corrected chi connectivity index (χ1v) is 9.08. The number of halogens is 1. The molecule has 30 heavy (non-hydrogen) atoms. The number of aromatic nitrogens is 6. The molecule has 3 aromatic rings. The van der Waals surface area contributed by atoms with Crippen LogP contribution in [0.1, 0.15) is 23.5 Å². The minimum atomic E-state index is -1.30. The van der Waals surface area contributed by atoms with Crippen LogP contribution in [0, 0.1) is 17.1 Å². The number of aliphatic hydroxyl groups excluding tert-OH is 3. The minimum Gasteiger partial charge on any atom is -0.394 e. The molecule has 0 amide bonds. The number of ether oxygens (including phenoxy) is 1. The van der Waals surface area contributed by atoms with E-state index in [0.29, 0.717) is 11.3 Å². The summed E-state index contributed by atoms with van der Waals surface area (Å²) in [5, 5.41) is 54.1. The van der Waals surface area contributed by atoms with Gasteiger partial charge in [0.2, 0.25) is 0 Å². The fraction of sp³-hybridized carbons (Fsp3) is 0.389. The first-order chi connectivity index (χ1) is 14.5. The Hall–Kier alpha value is -3.24. The van der Waals surface area contributed by atoms with Crippen molar-refractivity contribution < 1.29 is 24.4 Å². The molecule has 11 nitrogen and oxygen atoms in total. The topological polar surface area (TPSA) is 166 Å². The zero-order valence-electron chi connectivity index (χ0n) is 15.5. The zero-order chi connectivity index (χ0) is 21.3. The molecule has 4 rings (SSSR count). The molecule has 2 aromatic heterocycles. The highest BCUT2D eigenvalue weighted by molar-refractivity contribution is 5.58. The van der Waals surface area contributed by atoms with Gasteiger partial charge < -0.3 is 20.1 Å². The van der Waals surface area contributed by atoms with E-state index in [-0.39, 0.29) is 17.8 Å². The Morgan fingerprint density at radius 2 is 2.13 bits per heavy atom. The Morgan fingerprint density at radius 3 is 2.80 bits per heavy atom. The highest BCUT2D eigenvalue weighted by Crippen LogP contribution is 2.37. The summed E-state index contributed by atoms with van der Waals surface area (Å²) in [5.74, 6) is -0.311. The Morgan fingerprint density at radius 1 is 1.30 bits per heavy atom. The summed E-state index contributed by atoms with van der Waals surface area (Å²) in [6.45, 7) is -0.498. The van der Waals surface area contributed by atoms with Crippen LogP contribution in [0.2, 0.25) is 0 Å². The van der Waals surface area contributed by atoms with E-state index in [1.54, 1.807) is 6.07 Å². The number of rotatable bonds is 5. The van der Waals surface area contributed by atoms with Crippen molar-refractivity contribution in [1.82, 2.24) is 30.2 Å². The summed E-state index contributed by atoms with van der Waals surface area (Å²) in [6, 6.07) is 5.22. The second kappa shape index (κ2) is 8.25. The van der Waals surface area contributed by atoms with Crippen molar-refractivity contribution in [2.24, 2.45) is 0 Å². The number of aromatic amines is 1. The van der Waals surface area contributed by atoms with E-state index in [1.807, 2.05) is 6.07 Å².